The first-order chi connectivity index (χ1) is 8.52. The molecule has 96 valence electrons. The molecule has 0 aliphatic heterocycles. The maximum Gasteiger partial charge on any atom is 0.267 e. The molecule has 2 rings (SSSR count). The number of nitrogens with zero attached hydrogens (tertiary/aromatic N) is 4. The number of hydrogen-bond donors (Lipinski definition) is 0. The van der Waals surface area contributed by atoms with Gasteiger partial charge in [-0.1, -0.05) is 0 Å². The van der Waals surface area contributed by atoms with E-state index in [4.69, 9.17) is 4.74 Å². The molecule has 0 N–H and O–H groups in total. The first kappa shape index (κ1) is 12.8. The number of hydrogen-bond acceptors (Lipinski definition) is 4. The largest absolute Gasteiger partial charge is 0.480 e. The van der Waals surface area contributed by atoms with Crippen LogP contribution in [0, 0.1) is 6.92 Å². The Morgan fingerprint density at radius 3 is 2.67 bits per heavy atom. The Hall–Kier alpha value is -1.63. The second kappa shape index (κ2) is 4.93. The van der Waals surface area contributed by atoms with E-state index in [0.29, 0.717) is 12.4 Å². The van der Waals surface area contributed by atoms with Gasteiger partial charge >= 0.3 is 0 Å². The standard InChI is InChI=1S/C11H13BrN4O2/c1-7-11(12)8(15(2)13-7)6-16-10(17)5-4-9(14-16)18-3/h4-5H,6H2,1-3H3. The second-order valence-electron chi connectivity index (χ2n) is 3.84. The highest BCUT2D eigenvalue weighted by molar-refractivity contribution is 9.10. The van der Waals surface area contributed by atoms with E-state index in [-0.39, 0.29) is 5.56 Å². The molecule has 2 aromatic rings. The van der Waals surface area contributed by atoms with E-state index in [1.807, 2.05) is 14.0 Å². The summed E-state index contributed by atoms with van der Waals surface area (Å²) in [5, 5.41) is 8.37. The Morgan fingerprint density at radius 1 is 1.39 bits per heavy atom. The normalized spacial score (nSPS) is 10.7. The topological polar surface area (TPSA) is 61.9 Å². The predicted octanol–water partition coefficient (Wildman–Crippen LogP) is 1.10. The monoisotopic (exact) mass is 312 g/mol. The van der Waals surface area contributed by atoms with Gasteiger partial charge in [0.1, 0.15) is 0 Å². The van der Waals surface area contributed by atoms with Crippen molar-refractivity contribution in [3.8, 4) is 5.88 Å². The fourth-order valence-corrected chi connectivity index (χ4v) is 2.11. The van der Waals surface area contributed by atoms with Gasteiger partial charge in [-0.2, -0.15) is 5.10 Å². The average Bonchev–Trinajstić information content (AvgIpc) is 2.58. The van der Waals surface area contributed by atoms with Crippen molar-refractivity contribution in [1.82, 2.24) is 19.6 Å². The first-order valence-electron chi connectivity index (χ1n) is 5.33. The molecule has 0 aromatic carbocycles. The highest BCUT2D eigenvalue weighted by Crippen LogP contribution is 2.20. The van der Waals surface area contributed by atoms with Crippen LogP contribution in [0.15, 0.2) is 21.4 Å². The van der Waals surface area contributed by atoms with Gasteiger partial charge in [-0.05, 0) is 22.9 Å². The van der Waals surface area contributed by atoms with E-state index < -0.39 is 0 Å². The third-order valence-electron chi connectivity index (χ3n) is 2.61. The minimum Gasteiger partial charge on any atom is -0.480 e. The number of ether oxygens (including phenoxy) is 1. The first-order valence-corrected chi connectivity index (χ1v) is 6.12. The summed E-state index contributed by atoms with van der Waals surface area (Å²) >= 11 is 3.46. The Kier molecular flexibility index (Phi) is 3.51. The molecule has 0 amide bonds. The summed E-state index contributed by atoms with van der Waals surface area (Å²) in [6, 6.07) is 2.98. The lowest BCUT2D eigenvalue weighted by molar-refractivity contribution is 0.377. The van der Waals surface area contributed by atoms with Crippen molar-refractivity contribution in [3.05, 3.63) is 38.3 Å². The third-order valence-corrected chi connectivity index (χ3v) is 3.64. The van der Waals surface area contributed by atoms with Gasteiger partial charge in [0.25, 0.3) is 5.56 Å². The molecule has 0 atom stereocenters. The van der Waals surface area contributed by atoms with E-state index >= 15 is 0 Å². The van der Waals surface area contributed by atoms with Gasteiger partial charge in [-0.3, -0.25) is 9.48 Å². The van der Waals surface area contributed by atoms with E-state index in [1.165, 1.54) is 17.9 Å². The molecule has 0 radical (unpaired) electrons. The van der Waals surface area contributed by atoms with Gasteiger partial charge in [-0.15, -0.1) is 5.10 Å². The lowest BCUT2D eigenvalue weighted by atomic mass is 10.3. The summed E-state index contributed by atoms with van der Waals surface area (Å²) in [5.41, 5.74) is 1.58. The maximum absolute atomic E-state index is 11.7. The van der Waals surface area contributed by atoms with Crippen LogP contribution in [0.1, 0.15) is 11.4 Å². The van der Waals surface area contributed by atoms with Gasteiger partial charge in [0.05, 0.1) is 29.5 Å². The Balaban J connectivity index is 2.42. The summed E-state index contributed by atoms with van der Waals surface area (Å²) < 4.78 is 8.97. The number of halogens is 1. The minimum absolute atomic E-state index is 0.179. The van der Waals surface area contributed by atoms with Crippen LogP contribution in [0.2, 0.25) is 0 Å². The Labute approximate surface area is 112 Å². The van der Waals surface area contributed by atoms with Crippen LogP contribution in [0.25, 0.3) is 0 Å². The van der Waals surface area contributed by atoms with Crippen molar-refractivity contribution in [1.29, 1.82) is 0 Å². The van der Waals surface area contributed by atoms with E-state index in [0.717, 1.165) is 15.9 Å². The number of aromatic nitrogens is 4. The molecular weight excluding hydrogens is 300 g/mol. The van der Waals surface area contributed by atoms with Crippen LogP contribution in [0.5, 0.6) is 5.88 Å². The van der Waals surface area contributed by atoms with Crippen LogP contribution in [0.4, 0.5) is 0 Å². The summed E-state index contributed by atoms with van der Waals surface area (Å²) in [6.45, 7) is 2.24. The molecule has 6 nitrogen and oxygen atoms in total. The molecule has 0 saturated carbocycles. The van der Waals surface area contributed by atoms with E-state index in [9.17, 15) is 4.79 Å². The fraction of sp³-hybridized carbons (Fsp3) is 0.364. The van der Waals surface area contributed by atoms with Gasteiger partial charge in [0.2, 0.25) is 5.88 Å². The van der Waals surface area contributed by atoms with Crippen molar-refractivity contribution < 1.29 is 4.74 Å². The zero-order valence-electron chi connectivity index (χ0n) is 10.3. The molecule has 7 heteroatoms. The highest BCUT2D eigenvalue weighted by atomic mass is 79.9. The number of rotatable bonds is 3. The quantitative estimate of drug-likeness (QED) is 0.851. The van der Waals surface area contributed by atoms with Crippen molar-refractivity contribution in [3.63, 3.8) is 0 Å². The Bertz CT molecular complexity index is 632. The number of methoxy groups -OCH3 is 1. The molecule has 0 fully saturated rings. The molecule has 0 aliphatic rings. The average molecular weight is 313 g/mol. The second-order valence-corrected chi connectivity index (χ2v) is 4.63. The number of aryl methyl sites for hydroxylation is 2. The highest BCUT2D eigenvalue weighted by Gasteiger charge is 2.12. The van der Waals surface area contributed by atoms with Gasteiger partial charge in [-0.25, -0.2) is 4.68 Å². The van der Waals surface area contributed by atoms with Crippen LogP contribution in [-0.2, 0) is 13.6 Å². The molecule has 0 spiro atoms. The Morgan fingerprint density at radius 2 is 2.11 bits per heavy atom. The predicted molar refractivity (Wildman–Crippen MR) is 69.8 cm³/mol. The SMILES string of the molecule is COc1ccc(=O)n(Cc2c(Br)c(C)nn2C)n1. The summed E-state index contributed by atoms with van der Waals surface area (Å²) in [6.07, 6.45) is 0. The minimum atomic E-state index is -0.179. The van der Waals surface area contributed by atoms with Crippen molar-refractivity contribution in [2.45, 2.75) is 13.5 Å². The van der Waals surface area contributed by atoms with Crippen LogP contribution in [-0.4, -0.2) is 26.7 Å². The van der Waals surface area contributed by atoms with Crippen molar-refractivity contribution in [2.75, 3.05) is 7.11 Å². The molecule has 2 heterocycles. The van der Waals surface area contributed by atoms with Gasteiger partial charge in [0, 0.05) is 19.2 Å². The van der Waals surface area contributed by atoms with Gasteiger partial charge < -0.3 is 4.74 Å². The van der Waals surface area contributed by atoms with E-state index in [2.05, 4.69) is 26.1 Å². The summed E-state index contributed by atoms with van der Waals surface area (Å²) in [4.78, 5) is 11.7. The lowest BCUT2D eigenvalue weighted by Gasteiger charge is -2.07. The molecule has 0 aliphatic carbocycles. The van der Waals surface area contributed by atoms with Crippen LogP contribution in [0.3, 0.4) is 0 Å². The molecular formula is C11H13BrN4O2. The zero-order valence-corrected chi connectivity index (χ0v) is 11.9. The maximum atomic E-state index is 11.7. The zero-order chi connectivity index (χ0) is 13.3. The molecule has 18 heavy (non-hydrogen) atoms. The van der Waals surface area contributed by atoms with Gasteiger partial charge in [0.15, 0.2) is 0 Å². The fourth-order valence-electron chi connectivity index (χ4n) is 1.65. The van der Waals surface area contributed by atoms with Crippen LogP contribution >= 0.6 is 15.9 Å². The molecule has 0 saturated heterocycles. The molecule has 2 aromatic heterocycles. The van der Waals surface area contributed by atoms with Crippen LogP contribution < -0.4 is 10.3 Å². The molecule has 0 unspecified atom stereocenters. The molecule has 0 bridgehead atoms. The van der Waals surface area contributed by atoms with Crippen molar-refractivity contribution >= 4 is 15.9 Å². The smallest absolute Gasteiger partial charge is 0.267 e. The summed E-state index contributed by atoms with van der Waals surface area (Å²) in [5.74, 6) is 0.407. The van der Waals surface area contributed by atoms with E-state index in [1.54, 1.807) is 10.7 Å². The lowest BCUT2D eigenvalue weighted by Crippen LogP contribution is -2.23. The van der Waals surface area contributed by atoms with Crippen molar-refractivity contribution in [2.24, 2.45) is 7.05 Å². The summed E-state index contributed by atoms with van der Waals surface area (Å²) in [7, 11) is 3.35. The third kappa shape index (κ3) is 2.31.